The SMILES string of the molecule is O=NC1Cc2cc(Sc3ccccc3)ccc2C1=O. The number of Topliss-reactive ketones (excluding diaryl/α,β-unsaturated/α-hetero) is 1. The number of nitroso groups, excluding NO2 is 1. The van der Waals surface area contributed by atoms with Crippen LogP contribution < -0.4 is 0 Å². The van der Waals surface area contributed by atoms with Gasteiger partial charge in [-0.2, -0.15) is 4.91 Å². The van der Waals surface area contributed by atoms with Gasteiger partial charge in [-0.05, 0) is 35.9 Å². The highest BCUT2D eigenvalue weighted by atomic mass is 32.2. The van der Waals surface area contributed by atoms with Gasteiger partial charge in [0.2, 0.25) is 0 Å². The molecule has 0 aliphatic heterocycles. The number of rotatable bonds is 3. The van der Waals surface area contributed by atoms with E-state index < -0.39 is 6.04 Å². The molecule has 0 aromatic heterocycles. The van der Waals surface area contributed by atoms with Gasteiger partial charge in [0.05, 0.1) is 0 Å². The van der Waals surface area contributed by atoms with Gasteiger partial charge in [0.15, 0.2) is 11.8 Å². The van der Waals surface area contributed by atoms with E-state index in [1.807, 2.05) is 42.5 Å². The maximum atomic E-state index is 11.8. The Morgan fingerprint density at radius 1 is 1.05 bits per heavy atom. The van der Waals surface area contributed by atoms with Crippen LogP contribution in [0.25, 0.3) is 0 Å². The van der Waals surface area contributed by atoms with Gasteiger partial charge in [-0.25, -0.2) is 0 Å². The Morgan fingerprint density at radius 2 is 1.84 bits per heavy atom. The van der Waals surface area contributed by atoms with Crippen molar-refractivity contribution < 1.29 is 4.79 Å². The number of hydrogen-bond acceptors (Lipinski definition) is 4. The van der Waals surface area contributed by atoms with Crippen LogP contribution in [0.15, 0.2) is 63.5 Å². The minimum absolute atomic E-state index is 0.152. The Bertz CT molecular complexity index is 640. The van der Waals surface area contributed by atoms with Crippen LogP contribution in [0, 0.1) is 4.91 Å². The van der Waals surface area contributed by atoms with Crippen molar-refractivity contribution in [3.63, 3.8) is 0 Å². The molecule has 1 unspecified atom stereocenters. The number of fused-ring (bicyclic) bond motifs is 1. The second-order valence-electron chi connectivity index (χ2n) is 4.42. The molecule has 4 heteroatoms. The summed E-state index contributed by atoms with van der Waals surface area (Å²) in [5.41, 5.74) is 1.57. The Morgan fingerprint density at radius 3 is 2.58 bits per heavy atom. The first-order chi connectivity index (χ1) is 9.28. The molecule has 0 saturated heterocycles. The fourth-order valence-corrected chi connectivity index (χ4v) is 3.14. The highest BCUT2D eigenvalue weighted by molar-refractivity contribution is 7.99. The second kappa shape index (κ2) is 4.97. The lowest BCUT2D eigenvalue weighted by Gasteiger charge is -2.03. The fourth-order valence-electron chi connectivity index (χ4n) is 2.23. The molecule has 1 atom stereocenters. The van der Waals surface area contributed by atoms with E-state index in [2.05, 4.69) is 5.18 Å². The van der Waals surface area contributed by atoms with E-state index in [0.29, 0.717) is 12.0 Å². The van der Waals surface area contributed by atoms with Crippen molar-refractivity contribution in [2.45, 2.75) is 22.3 Å². The van der Waals surface area contributed by atoms with E-state index in [9.17, 15) is 9.70 Å². The average molecular weight is 269 g/mol. The van der Waals surface area contributed by atoms with Crippen molar-refractivity contribution in [1.29, 1.82) is 0 Å². The predicted molar refractivity (Wildman–Crippen MR) is 74.6 cm³/mol. The summed E-state index contributed by atoms with van der Waals surface area (Å²) in [4.78, 5) is 24.6. The lowest BCUT2D eigenvalue weighted by Crippen LogP contribution is -2.11. The van der Waals surface area contributed by atoms with Crippen LogP contribution in [-0.2, 0) is 6.42 Å². The van der Waals surface area contributed by atoms with Crippen LogP contribution in [0.4, 0.5) is 0 Å². The molecule has 1 aliphatic carbocycles. The largest absolute Gasteiger partial charge is 0.292 e. The fraction of sp³-hybridized carbons (Fsp3) is 0.133. The molecule has 0 heterocycles. The van der Waals surface area contributed by atoms with E-state index in [4.69, 9.17) is 0 Å². The molecule has 0 saturated carbocycles. The first-order valence-corrected chi connectivity index (χ1v) is 6.82. The lowest BCUT2D eigenvalue weighted by molar-refractivity contribution is 0.0975. The van der Waals surface area contributed by atoms with Crippen molar-refractivity contribution in [1.82, 2.24) is 0 Å². The minimum Gasteiger partial charge on any atom is -0.292 e. The van der Waals surface area contributed by atoms with E-state index in [-0.39, 0.29) is 5.78 Å². The summed E-state index contributed by atoms with van der Waals surface area (Å²) in [5, 5.41) is 2.89. The van der Waals surface area contributed by atoms with Crippen LogP contribution >= 0.6 is 11.8 Å². The number of nitrogens with zero attached hydrogens (tertiary/aromatic N) is 1. The van der Waals surface area contributed by atoms with Gasteiger partial charge >= 0.3 is 0 Å². The molecule has 0 spiro atoms. The monoisotopic (exact) mass is 269 g/mol. The van der Waals surface area contributed by atoms with E-state index in [1.54, 1.807) is 17.8 Å². The van der Waals surface area contributed by atoms with Gasteiger partial charge in [0.25, 0.3) is 0 Å². The first kappa shape index (κ1) is 12.1. The highest BCUT2D eigenvalue weighted by Crippen LogP contribution is 2.32. The molecule has 19 heavy (non-hydrogen) atoms. The number of ketones is 1. The predicted octanol–water partition coefficient (Wildman–Crippen LogP) is 3.71. The molecule has 3 rings (SSSR count). The van der Waals surface area contributed by atoms with Gasteiger partial charge in [-0.1, -0.05) is 35.1 Å². The van der Waals surface area contributed by atoms with Crippen LogP contribution in [0.5, 0.6) is 0 Å². The zero-order valence-electron chi connectivity index (χ0n) is 10.1. The Balaban J connectivity index is 1.88. The van der Waals surface area contributed by atoms with Crippen LogP contribution in [-0.4, -0.2) is 11.8 Å². The summed E-state index contributed by atoms with van der Waals surface area (Å²) in [6.07, 6.45) is 0.431. The van der Waals surface area contributed by atoms with Gasteiger partial charge in [-0.15, -0.1) is 0 Å². The number of carbonyl (C=O) groups excluding carboxylic acids is 1. The summed E-state index contributed by atoms with van der Waals surface area (Å²) >= 11 is 1.64. The summed E-state index contributed by atoms with van der Waals surface area (Å²) in [5.74, 6) is -0.152. The lowest BCUT2D eigenvalue weighted by atomic mass is 10.1. The second-order valence-corrected chi connectivity index (χ2v) is 5.57. The molecule has 2 aromatic carbocycles. The topological polar surface area (TPSA) is 46.5 Å². The normalized spacial score (nSPS) is 17.3. The minimum atomic E-state index is -0.730. The standard InChI is InChI=1S/C15H11NO2S/c17-15-13-7-6-12(8-10(13)9-14(15)16-18)19-11-4-2-1-3-5-11/h1-8,14H,9H2. The van der Waals surface area contributed by atoms with Crippen LogP contribution in [0.3, 0.4) is 0 Å². The molecule has 0 bridgehead atoms. The summed E-state index contributed by atoms with van der Waals surface area (Å²) < 4.78 is 0. The van der Waals surface area contributed by atoms with Crippen molar-refractivity contribution >= 4 is 17.5 Å². The van der Waals surface area contributed by atoms with Crippen LogP contribution in [0.1, 0.15) is 15.9 Å². The van der Waals surface area contributed by atoms with Gasteiger partial charge in [0.1, 0.15) is 0 Å². The molecule has 0 N–H and O–H groups in total. The Hall–Kier alpha value is -1.94. The Kier molecular flexibility index (Phi) is 3.17. The molecule has 3 nitrogen and oxygen atoms in total. The van der Waals surface area contributed by atoms with Crippen molar-refractivity contribution in [2.75, 3.05) is 0 Å². The summed E-state index contributed by atoms with van der Waals surface area (Å²) in [6, 6.07) is 15.0. The first-order valence-electron chi connectivity index (χ1n) is 6.00. The van der Waals surface area contributed by atoms with Gasteiger partial charge in [-0.3, -0.25) is 4.79 Å². The third kappa shape index (κ3) is 2.31. The third-order valence-electron chi connectivity index (χ3n) is 3.16. The average Bonchev–Trinajstić information content (AvgIpc) is 2.76. The zero-order valence-corrected chi connectivity index (χ0v) is 10.9. The molecular weight excluding hydrogens is 258 g/mol. The number of benzene rings is 2. The maximum Gasteiger partial charge on any atom is 0.191 e. The van der Waals surface area contributed by atoms with Gasteiger partial charge < -0.3 is 0 Å². The van der Waals surface area contributed by atoms with Gasteiger partial charge in [0, 0.05) is 21.8 Å². The highest BCUT2D eigenvalue weighted by Gasteiger charge is 2.31. The van der Waals surface area contributed by atoms with Crippen LogP contribution in [0.2, 0.25) is 0 Å². The Labute approximate surface area is 115 Å². The molecule has 2 aromatic rings. The molecule has 94 valence electrons. The quantitative estimate of drug-likeness (QED) is 0.798. The van der Waals surface area contributed by atoms with Crippen molar-refractivity contribution in [3.8, 4) is 0 Å². The molecular formula is C15H11NO2S. The maximum absolute atomic E-state index is 11.8. The summed E-state index contributed by atoms with van der Waals surface area (Å²) in [7, 11) is 0. The molecule has 1 aliphatic rings. The van der Waals surface area contributed by atoms with E-state index >= 15 is 0 Å². The number of hydrogen-bond donors (Lipinski definition) is 0. The summed E-state index contributed by atoms with van der Waals surface area (Å²) in [6.45, 7) is 0. The smallest absolute Gasteiger partial charge is 0.191 e. The zero-order chi connectivity index (χ0) is 13.2. The number of carbonyl (C=O) groups is 1. The molecule has 0 fully saturated rings. The van der Waals surface area contributed by atoms with Crippen molar-refractivity contribution in [3.05, 3.63) is 64.6 Å². The van der Waals surface area contributed by atoms with E-state index in [1.165, 1.54) is 0 Å². The third-order valence-corrected chi connectivity index (χ3v) is 4.16. The molecule has 0 radical (unpaired) electrons. The van der Waals surface area contributed by atoms with E-state index in [0.717, 1.165) is 15.4 Å². The van der Waals surface area contributed by atoms with Crippen molar-refractivity contribution in [2.24, 2.45) is 5.18 Å². The molecule has 0 amide bonds.